The van der Waals surface area contributed by atoms with E-state index in [1.54, 1.807) is 0 Å². The maximum Gasteiger partial charge on any atom is 0.201 e. The summed E-state index contributed by atoms with van der Waals surface area (Å²) in [5, 5.41) is 7.82. The second-order valence-corrected chi connectivity index (χ2v) is 9.22. The van der Waals surface area contributed by atoms with Crippen LogP contribution < -0.4 is 0 Å². The van der Waals surface area contributed by atoms with Crippen molar-refractivity contribution in [3.8, 4) is 0 Å². The average molecular weight is 388 g/mol. The van der Waals surface area contributed by atoms with E-state index in [4.69, 9.17) is 0 Å². The van der Waals surface area contributed by atoms with E-state index in [0.29, 0.717) is 0 Å². The zero-order valence-corrected chi connectivity index (χ0v) is 16.4. The third-order valence-corrected chi connectivity index (χ3v) is 7.73. The lowest BCUT2D eigenvalue weighted by Gasteiger charge is -2.39. The normalized spacial score (nSPS) is 19.7. The minimum atomic E-state index is -0.157. The molecule has 0 N–H and O–H groups in total. The molecule has 0 fully saturated rings. The monoisotopic (exact) mass is 388 g/mol. The highest BCUT2D eigenvalue weighted by Crippen LogP contribution is 2.57. The zero-order valence-electron chi connectivity index (χ0n) is 15.6. The molecule has 0 saturated carbocycles. The van der Waals surface area contributed by atoms with Gasteiger partial charge in [0.15, 0.2) is 0 Å². The van der Waals surface area contributed by atoms with Gasteiger partial charge in [0.2, 0.25) is 5.12 Å². The molecule has 136 valence electrons. The molecule has 2 heteroatoms. The summed E-state index contributed by atoms with van der Waals surface area (Å²) in [7, 11) is 0. The van der Waals surface area contributed by atoms with Crippen molar-refractivity contribution >= 4 is 49.2 Å². The molecular formula is C27H16OS. The van der Waals surface area contributed by atoms with Crippen molar-refractivity contribution in [3.63, 3.8) is 0 Å². The number of rotatable bonds is 0. The van der Waals surface area contributed by atoms with Crippen molar-refractivity contribution in [1.82, 2.24) is 0 Å². The van der Waals surface area contributed by atoms with Gasteiger partial charge in [-0.2, -0.15) is 0 Å². The summed E-state index contributed by atoms with van der Waals surface area (Å²) in [5.74, 6) is -0.157. The van der Waals surface area contributed by atoms with Gasteiger partial charge in [-0.05, 0) is 91.0 Å². The van der Waals surface area contributed by atoms with E-state index in [-0.39, 0.29) is 16.3 Å². The first-order chi connectivity index (χ1) is 14.3. The summed E-state index contributed by atoms with van der Waals surface area (Å²) >= 11 is 1.50. The van der Waals surface area contributed by atoms with Crippen LogP contribution in [0.15, 0.2) is 84.9 Å². The number of thioether (sulfide) groups is 1. The molecule has 0 aromatic heterocycles. The van der Waals surface area contributed by atoms with Crippen LogP contribution in [0.1, 0.15) is 33.4 Å². The van der Waals surface area contributed by atoms with Crippen LogP contribution in [0.4, 0.5) is 0 Å². The van der Waals surface area contributed by atoms with Gasteiger partial charge in [-0.3, -0.25) is 4.79 Å². The highest BCUT2D eigenvalue weighted by atomic mass is 32.2. The third-order valence-electron chi connectivity index (χ3n) is 6.51. The van der Waals surface area contributed by atoms with Gasteiger partial charge in [-0.15, -0.1) is 0 Å². The van der Waals surface area contributed by atoms with Crippen LogP contribution in [0.2, 0.25) is 0 Å². The number of benzene rings is 5. The van der Waals surface area contributed by atoms with Crippen LogP contribution in [-0.4, -0.2) is 5.12 Å². The average Bonchev–Trinajstić information content (AvgIpc) is 2.75. The molecule has 3 aliphatic rings. The lowest BCUT2D eigenvalue weighted by atomic mass is 9.76. The van der Waals surface area contributed by atoms with Gasteiger partial charge in [-0.25, -0.2) is 0 Å². The summed E-state index contributed by atoms with van der Waals surface area (Å²) in [6.07, 6.45) is 0. The number of hydrogen-bond donors (Lipinski definition) is 0. The number of carbonyl (C=O) groups excluding carboxylic acids is 1. The minimum Gasteiger partial charge on any atom is -0.286 e. The van der Waals surface area contributed by atoms with E-state index >= 15 is 0 Å². The fourth-order valence-corrected chi connectivity index (χ4v) is 6.44. The van der Waals surface area contributed by atoms with E-state index in [0.717, 1.165) is 0 Å². The van der Waals surface area contributed by atoms with Crippen LogP contribution in [-0.2, 0) is 4.79 Å². The van der Waals surface area contributed by atoms with Gasteiger partial charge < -0.3 is 0 Å². The summed E-state index contributed by atoms with van der Waals surface area (Å²) < 4.78 is 0. The Balaban J connectivity index is 1.54. The number of hydrogen-bond acceptors (Lipinski definition) is 2. The third kappa shape index (κ3) is 2.10. The summed E-state index contributed by atoms with van der Waals surface area (Å²) in [6, 6.07) is 30.6. The van der Waals surface area contributed by atoms with Crippen LogP contribution >= 0.6 is 11.8 Å². The Hall–Kier alpha value is -3.10. The molecule has 2 aliphatic heterocycles. The molecule has 5 aromatic carbocycles. The first-order valence-electron chi connectivity index (χ1n) is 9.96. The largest absolute Gasteiger partial charge is 0.286 e. The summed E-state index contributed by atoms with van der Waals surface area (Å²) in [5.41, 5.74) is 5.02. The second-order valence-electron chi connectivity index (χ2n) is 8.11. The molecule has 8 rings (SSSR count). The standard InChI is InChI=1S/C27H16OS/c28-27-25-21-11-17-7-3-4-8-18(17)12-23(21)26(29-27)24-14-20-10-16-6-2-1-5-15(16)9-19(20)13-22(24)25/h1-14,25-26H. The Morgan fingerprint density at radius 1 is 0.517 bits per heavy atom. The van der Waals surface area contributed by atoms with Crippen molar-refractivity contribution in [3.05, 3.63) is 107 Å². The predicted molar refractivity (Wildman–Crippen MR) is 122 cm³/mol. The predicted octanol–water partition coefficient (Wildman–Crippen LogP) is 6.95. The smallest absolute Gasteiger partial charge is 0.201 e. The highest BCUT2D eigenvalue weighted by molar-refractivity contribution is 8.14. The Bertz CT molecular complexity index is 1510. The molecule has 29 heavy (non-hydrogen) atoms. The van der Waals surface area contributed by atoms with Gasteiger partial charge in [0.1, 0.15) is 0 Å². The van der Waals surface area contributed by atoms with Crippen molar-refractivity contribution in [2.45, 2.75) is 11.2 Å². The quantitative estimate of drug-likeness (QED) is 0.267. The molecule has 5 aromatic rings. The van der Waals surface area contributed by atoms with E-state index in [2.05, 4.69) is 84.9 Å². The second kappa shape index (κ2) is 5.49. The molecule has 0 amide bonds. The summed E-state index contributed by atoms with van der Waals surface area (Å²) in [6.45, 7) is 0. The first-order valence-corrected chi connectivity index (χ1v) is 10.8. The van der Waals surface area contributed by atoms with Crippen molar-refractivity contribution in [2.75, 3.05) is 0 Å². The van der Waals surface area contributed by atoms with E-state index in [1.165, 1.54) is 66.3 Å². The Morgan fingerprint density at radius 2 is 0.931 bits per heavy atom. The maximum atomic E-state index is 13.0. The molecule has 2 unspecified atom stereocenters. The van der Waals surface area contributed by atoms with Crippen LogP contribution in [0, 0.1) is 0 Å². The van der Waals surface area contributed by atoms with Crippen LogP contribution in [0.25, 0.3) is 32.3 Å². The minimum absolute atomic E-state index is 0.0953. The van der Waals surface area contributed by atoms with Crippen molar-refractivity contribution < 1.29 is 4.79 Å². The van der Waals surface area contributed by atoms with Crippen LogP contribution in [0.5, 0.6) is 0 Å². The van der Waals surface area contributed by atoms with E-state index in [9.17, 15) is 4.79 Å². The maximum absolute atomic E-state index is 13.0. The Kier molecular flexibility index (Phi) is 2.99. The van der Waals surface area contributed by atoms with Gasteiger partial charge >= 0.3 is 0 Å². The van der Waals surface area contributed by atoms with E-state index < -0.39 is 0 Å². The molecule has 0 saturated heterocycles. The number of carbonyl (C=O) groups is 1. The lowest BCUT2D eigenvalue weighted by molar-refractivity contribution is -0.111. The van der Waals surface area contributed by atoms with Gasteiger partial charge in [0.25, 0.3) is 0 Å². The fourth-order valence-electron chi connectivity index (χ4n) is 5.16. The highest BCUT2D eigenvalue weighted by Gasteiger charge is 2.43. The molecule has 2 atom stereocenters. The molecule has 0 radical (unpaired) electrons. The molecule has 0 spiro atoms. The van der Waals surface area contributed by atoms with Crippen molar-refractivity contribution in [1.29, 1.82) is 0 Å². The fraction of sp³-hybridized carbons (Fsp3) is 0.0741. The topological polar surface area (TPSA) is 17.1 Å². The Morgan fingerprint density at radius 3 is 1.48 bits per heavy atom. The van der Waals surface area contributed by atoms with Crippen molar-refractivity contribution in [2.24, 2.45) is 0 Å². The Labute approximate surface area is 172 Å². The molecule has 1 aliphatic carbocycles. The molecule has 1 nitrogen and oxygen atoms in total. The molecule has 2 bridgehead atoms. The van der Waals surface area contributed by atoms with Gasteiger partial charge in [0, 0.05) is 0 Å². The lowest BCUT2D eigenvalue weighted by Crippen LogP contribution is -2.28. The molecule has 2 heterocycles. The van der Waals surface area contributed by atoms with E-state index in [1.807, 2.05) is 0 Å². The van der Waals surface area contributed by atoms with Crippen LogP contribution in [0.3, 0.4) is 0 Å². The zero-order chi connectivity index (χ0) is 19.1. The SMILES string of the molecule is O=C1SC2c3cc4ccccc4cc3C1c1cc3cc4ccccc4cc3cc12. The first kappa shape index (κ1) is 15.8. The van der Waals surface area contributed by atoms with Gasteiger partial charge in [-0.1, -0.05) is 60.3 Å². The number of fused-ring (bicyclic) bond motifs is 4. The molecular weight excluding hydrogens is 372 g/mol. The van der Waals surface area contributed by atoms with Gasteiger partial charge in [0.05, 0.1) is 11.2 Å². The summed E-state index contributed by atoms with van der Waals surface area (Å²) in [4.78, 5) is 13.0.